The second-order valence-electron chi connectivity index (χ2n) is 6.36. The highest BCUT2D eigenvalue weighted by Crippen LogP contribution is 2.28. The van der Waals surface area contributed by atoms with Crippen molar-refractivity contribution in [2.45, 2.75) is 18.8 Å². The van der Waals surface area contributed by atoms with Gasteiger partial charge in [-0.1, -0.05) is 23.7 Å². The molecule has 6 heteroatoms. The zero-order valence-electron chi connectivity index (χ0n) is 14.0. The van der Waals surface area contributed by atoms with Crippen molar-refractivity contribution in [2.24, 2.45) is 0 Å². The summed E-state index contributed by atoms with van der Waals surface area (Å²) in [6, 6.07) is 11.0. The summed E-state index contributed by atoms with van der Waals surface area (Å²) in [5, 5.41) is 3.67. The largest absolute Gasteiger partial charge is 0.351 e. The first-order chi connectivity index (χ1) is 12.1. The molecule has 1 fully saturated rings. The van der Waals surface area contributed by atoms with E-state index in [0.29, 0.717) is 18.0 Å². The molecule has 1 aliphatic rings. The molecule has 0 radical (unpaired) electrons. The number of aromatic nitrogens is 1. The van der Waals surface area contributed by atoms with E-state index in [1.807, 2.05) is 12.1 Å². The fourth-order valence-corrected chi connectivity index (χ4v) is 3.33. The minimum atomic E-state index is -0.208. The minimum Gasteiger partial charge on any atom is -0.351 e. The van der Waals surface area contributed by atoms with Gasteiger partial charge in [-0.05, 0) is 55.6 Å². The normalized spacial score (nSPS) is 15.9. The molecule has 1 amide bonds. The van der Waals surface area contributed by atoms with Crippen molar-refractivity contribution in [1.29, 1.82) is 0 Å². The van der Waals surface area contributed by atoms with E-state index in [1.165, 1.54) is 23.9 Å². The van der Waals surface area contributed by atoms with Crippen LogP contribution >= 0.6 is 11.6 Å². The van der Waals surface area contributed by atoms with E-state index in [2.05, 4.69) is 27.3 Å². The number of nitrogens with one attached hydrogen (secondary N) is 2. The summed E-state index contributed by atoms with van der Waals surface area (Å²) >= 11 is 5.95. The van der Waals surface area contributed by atoms with Crippen LogP contribution in [0.25, 0.3) is 0 Å². The Morgan fingerprint density at radius 2 is 1.88 bits per heavy atom. The molecule has 1 aromatic carbocycles. The first kappa shape index (κ1) is 17.7. The van der Waals surface area contributed by atoms with Crippen molar-refractivity contribution in [3.05, 3.63) is 69.1 Å². The molecule has 2 N–H and O–H groups in total. The van der Waals surface area contributed by atoms with Gasteiger partial charge < -0.3 is 15.2 Å². The maximum Gasteiger partial charge on any atom is 0.252 e. The predicted molar refractivity (Wildman–Crippen MR) is 99.3 cm³/mol. The average Bonchev–Trinajstić information content (AvgIpc) is 2.63. The van der Waals surface area contributed by atoms with Crippen molar-refractivity contribution in [2.75, 3.05) is 26.2 Å². The number of pyridine rings is 1. The Balaban J connectivity index is 1.40. The number of hydrogen-bond donors (Lipinski definition) is 2. The number of H-pyrrole nitrogens is 1. The molecule has 1 saturated heterocycles. The van der Waals surface area contributed by atoms with E-state index in [4.69, 9.17) is 11.6 Å². The molecule has 3 rings (SSSR count). The highest BCUT2D eigenvalue weighted by molar-refractivity contribution is 6.30. The van der Waals surface area contributed by atoms with Crippen molar-refractivity contribution in [3.8, 4) is 0 Å². The summed E-state index contributed by atoms with van der Waals surface area (Å²) in [4.78, 5) is 27.9. The predicted octanol–water partition coefficient (Wildman–Crippen LogP) is 2.64. The Hall–Kier alpha value is -2.11. The lowest BCUT2D eigenvalue weighted by Gasteiger charge is -2.32. The molecule has 132 valence electrons. The number of rotatable bonds is 5. The standard InChI is InChI=1S/C19H22ClN3O2/c20-17-4-1-14(2-5-17)15-7-10-23(11-8-15)12-9-21-19(25)16-3-6-18(24)22-13-16/h1-6,13,15H,7-12H2,(H,21,25)(H,22,24). The van der Waals surface area contributed by atoms with Gasteiger partial charge >= 0.3 is 0 Å². The molecule has 1 aliphatic heterocycles. The summed E-state index contributed by atoms with van der Waals surface area (Å²) in [7, 11) is 0. The monoisotopic (exact) mass is 359 g/mol. The molecule has 0 spiro atoms. The van der Waals surface area contributed by atoms with Crippen LogP contribution in [0, 0.1) is 0 Å². The third-order valence-electron chi connectivity index (χ3n) is 4.69. The second-order valence-corrected chi connectivity index (χ2v) is 6.80. The van der Waals surface area contributed by atoms with E-state index in [9.17, 15) is 9.59 Å². The van der Waals surface area contributed by atoms with E-state index < -0.39 is 0 Å². The minimum absolute atomic E-state index is 0.160. The van der Waals surface area contributed by atoms with Crippen molar-refractivity contribution in [3.63, 3.8) is 0 Å². The lowest BCUT2D eigenvalue weighted by atomic mass is 9.89. The van der Waals surface area contributed by atoms with E-state index in [1.54, 1.807) is 0 Å². The molecule has 0 aliphatic carbocycles. The third kappa shape index (κ3) is 4.94. The Bertz CT molecular complexity index is 744. The lowest BCUT2D eigenvalue weighted by molar-refractivity contribution is 0.0945. The summed E-state index contributed by atoms with van der Waals surface area (Å²) in [5.41, 5.74) is 1.62. The number of hydrogen-bond acceptors (Lipinski definition) is 3. The molecule has 0 saturated carbocycles. The number of piperidine rings is 1. The van der Waals surface area contributed by atoms with Crippen LogP contribution < -0.4 is 10.9 Å². The van der Waals surface area contributed by atoms with Gasteiger partial charge in [0.05, 0.1) is 5.56 Å². The molecule has 5 nitrogen and oxygen atoms in total. The number of nitrogens with zero attached hydrogens (tertiary/aromatic N) is 1. The van der Waals surface area contributed by atoms with Crippen LogP contribution in [0.5, 0.6) is 0 Å². The maximum atomic E-state index is 12.0. The molecular weight excluding hydrogens is 338 g/mol. The molecule has 0 atom stereocenters. The Kier molecular flexibility index (Phi) is 5.89. The molecule has 0 bridgehead atoms. The second kappa shape index (κ2) is 8.32. The van der Waals surface area contributed by atoms with Gasteiger partial charge in [0, 0.05) is 30.4 Å². The van der Waals surface area contributed by atoms with Crippen LogP contribution in [0.15, 0.2) is 47.4 Å². The van der Waals surface area contributed by atoms with E-state index in [0.717, 1.165) is 37.5 Å². The number of amides is 1. The molecule has 2 aromatic rings. The number of aromatic amines is 1. The number of benzene rings is 1. The smallest absolute Gasteiger partial charge is 0.252 e. The van der Waals surface area contributed by atoms with E-state index in [-0.39, 0.29) is 11.5 Å². The Morgan fingerprint density at radius 3 is 2.52 bits per heavy atom. The van der Waals surface area contributed by atoms with Gasteiger partial charge in [-0.15, -0.1) is 0 Å². The number of likely N-dealkylation sites (tertiary alicyclic amines) is 1. The number of carbonyl (C=O) groups excluding carboxylic acids is 1. The molecule has 1 aromatic heterocycles. The van der Waals surface area contributed by atoms with Crippen LogP contribution in [-0.4, -0.2) is 42.0 Å². The highest BCUT2D eigenvalue weighted by atomic mass is 35.5. The molecule has 0 unspecified atom stereocenters. The summed E-state index contributed by atoms with van der Waals surface area (Å²) in [5.74, 6) is 0.427. The fraction of sp³-hybridized carbons (Fsp3) is 0.368. The van der Waals surface area contributed by atoms with Gasteiger partial charge in [-0.25, -0.2) is 0 Å². The Morgan fingerprint density at radius 1 is 1.16 bits per heavy atom. The molecule has 25 heavy (non-hydrogen) atoms. The van der Waals surface area contributed by atoms with Gasteiger partial charge in [-0.3, -0.25) is 9.59 Å². The maximum absolute atomic E-state index is 12.0. The summed E-state index contributed by atoms with van der Waals surface area (Å²) in [6.45, 7) is 3.50. The van der Waals surface area contributed by atoms with Crippen LogP contribution in [0.3, 0.4) is 0 Å². The average molecular weight is 360 g/mol. The summed E-state index contributed by atoms with van der Waals surface area (Å²) < 4.78 is 0. The first-order valence-corrected chi connectivity index (χ1v) is 8.94. The van der Waals surface area contributed by atoms with Gasteiger partial charge in [-0.2, -0.15) is 0 Å². The lowest BCUT2D eigenvalue weighted by Crippen LogP contribution is -2.39. The third-order valence-corrected chi connectivity index (χ3v) is 4.94. The highest BCUT2D eigenvalue weighted by Gasteiger charge is 2.20. The zero-order valence-corrected chi connectivity index (χ0v) is 14.8. The van der Waals surface area contributed by atoms with Gasteiger partial charge in [0.25, 0.3) is 5.91 Å². The van der Waals surface area contributed by atoms with Gasteiger partial charge in [0.2, 0.25) is 5.56 Å². The number of halogens is 1. The van der Waals surface area contributed by atoms with Crippen molar-refractivity contribution < 1.29 is 4.79 Å². The molecular formula is C19H22ClN3O2. The van der Waals surface area contributed by atoms with Gasteiger partial charge in [0.15, 0.2) is 0 Å². The first-order valence-electron chi connectivity index (χ1n) is 8.56. The van der Waals surface area contributed by atoms with E-state index >= 15 is 0 Å². The zero-order chi connectivity index (χ0) is 17.6. The quantitative estimate of drug-likeness (QED) is 0.862. The van der Waals surface area contributed by atoms with Crippen molar-refractivity contribution in [1.82, 2.24) is 15.2 Å². The van der Waals surface area contributed by atoms with Crippen LogP contribution in [0.4, 0.5) is 0 Å². The summed E-state index contributed by atoms with van der Waals surface area (Å²) in [6.07, 6.45) is 3.68. The van der Waals surface area contributed by atoms with Crippen LogP contribution in [-0.2, 0) is 0 Å². The van der Waals surface area contributed by atoms with Crippen LogP contribution in [0.2, 0.25) is 5.02 Å². The fourth-order valence-electron chi connectivity index (χ4n) is 3.21. The van der Waals surface area contributed by atoms with Crippen LogP contribution in [0.1, 0.15) is 34.7 Å². The number of carbonyl (C=O) groups is 1. The van der Waals surface area contributed by atoms with Gasteiger partial charge in [0.1, 0.15) is 0 Å². The van der Waals surface area contributed by atoms with Crippen molar-refractivity contribution >= 4 is 17.5 Å². The SMILES string of the molecule is O=C(NCCN1CCC(c2ccc(Cl)cc2)CC1)c1ccc(=O)[nH]c1. The molecule has 2 heterocycles. The topological polar surface area (TPSA) is 65.2 Å². The Labute approximate surface area is 152 Å².